The van der Waals surface area contributed by atoms with Crippen molar-refractivity contribution in [1.82, 2.24) is 15.0 Å². The average molecular weight is 389 g/mol. The fraction of sp³-hybridized carbons (Fsp3) is 0.571. The second kappa shape index (κ2) is 8.20. The Hall–Kier alpha value is -2.57. The fourth-order valence-corrected chi connectivity index (χ4v) is 2.76. The van der Waals surface area contributed by atoms with Crippen molar-refractivity contribution in [3.8, 4) is 17.8 Å². The summed E-state index contributed by atoms with van der Waals surface area (Å²) >= 11 is 0. The molecule has 0 saturated carbocycles. The van der Waals surface area contributed by atoms with Crippen molar-refractivity contribution in [3.05, 3.63) is 23.3 Å². The van der Waals surface area contributed by atoms with E-state index in [1.54, 1.807) is 0 Å². The highest BCUT2D eigenvalue weighted by molar-refractivity contribution is 5.63. The van der Waals surface area contributed by atoms with Gasteiger partial charge in [0.25, 0.3) is 0 Å². The highest BCUT2D eigenvalue weighted by Crippen LogP contribution is 2.41. The van der Waals surface area contributed by atoms with Crippen LogP contribution in [0.5, 0.6) is 17.8 Å². The second-order valence-corrected chi connectivity index (χ2v) is 8.64. The lowest BCUT2D eigenvalue weighted by molar-refractivity contribution is 0.280. The quantitative estimate of drug-likeness (QED) is 0.692. The van der Waals surface area contributed by atoms with Gasteiger partial charge in [0.05, 0.1) is 13.2 Å². The van der Waals surface area contributed by atoms with Gasteiger partial charge in [-0.15, -0.1) is 4.98 Å². The van der Waals surface area contributed by atoms with Crippen LogP contribution in [-0.4, -0.2) is 33.3 Å². The predicted molar refractivity (Wildman–Crippen MR) is 111 cm³/mol. The van der Waals surface area contributed by atoms with Crippen LogP contribution in [0.15, 0.2) is 12.1 Å². The number of phenolic OH excluding ortho intramolecular Hbond substituents is 1. The smallest absolute Gasteiger partial charge is 0.324 e. The van der Waals surface area contributed by atoms with Gasteiger partial charge >= 0.3 is 12.0 Å². The first-order chi connectivity index (χ1) is 13.0. The number of rotatable bonds is 6. The Morgan fingerprint density at radius 3 is 1.61 bits per heavy atom. The molecule has 0 bridgehead atoms. The third kappa shape index (κ3) is 5.24. The van der Waals surface area contributed by atoms with E-state index in [4.69, 9.17) is 9.47 Å². The molecule has 1 aromatic carbocycles. The van der Waals surface area contributed by atoms with Crippen LogP contribution >= 0.6 is 0 Å². The van der Waals surface area contributed by atoms with E-state index in [0.29, 0.717) is 24.9 Å². The van der Waals surface area contributed by atoms with Crippen molar-refractivity contribution in [1.29, 1.82) is 0 Å². The van der Waals surface area contributed by atoms with E-state index in [2.05, 4.69) is 61.8 Å². The average Bonchev–Trinajstić information content (AvgIpc) is 2.54. The van der Waals surface area contributed by atoms with Crippen LogP contribution in [0.2, 0.25) is 0 Å². The summed E-state index contributed by atoms with van der Waals surface area (Å²) in [4.78, 5) is 12.8. The van der Waals surface area contributed by atoms with Crippen LogP contribution in [0.25, 0.3) is 0 Å². The molecule has 1 heterocycles. The van der Waals surface area contributed by atoms with Crippen molar-refractivity contribution in [3.63, 3.8) is 0 Å². The highest BCUT2D eigenvalue weighted by Gasteiger charge is 2.26. The van der Waals surface area contributed by atoms with Gasteiger partial charge in [0, 0.05) is 16.8 Å². The minimum atomic E-state index is -0.228. The molecule has 0 saturated heterocycles. The Labute approximate surface area is 167 Å². The van der Waals surface area contributed by atoms with E-state index in [1.807, 2.05) is 26.0 Å². The maximum absolute atomic E-state index is 10.9. The van der Waals surface area contributed by atoms with E-state index >= 15 is 0 Å². The van der Waals surface area contributed by atoms with Crippen molar-refractivity contribution >= 4 is 11.6 Å². The summed E-state index contributed by atoms with van der Waals surface area (Å²) in [6.45, 7) is 17.0. The van der Waals surface area contributed by atoms with Gasteiger partial charge in [0.15, 0.2) is 0 Å². The summed E-state index contributed by atoms with van der Waals surface area (Å²) in [6.07, 6.45) is 0. The van der Waals surface area contributed by atoms with E-state index in [-0.39, 0.29) is 22.9 Å². The molecule has 0 amide bonds. The topological polar surface area (TPSA) is 89.4 Å². The number of ether oxygens (including phenoxy) is 2. The minimum Gasteiger partial charge on any atom is -0.507 e. The predicted octanol–water partition coefficient (Wildman–Crippen LogP) is 4.71. The lowest BCUT2D eigenvalue weighted by Crippen LogP contribution is -2.18. The Balaban J connectivity index is 2.54. The number of hydrogen-bond donors (Lipinski definition) is 2. The summed E-state index contributed by atoms with van der Waals surface area (Å²) in [7, 11) is 0. The molecule has 0 fully saturated rings. The molecule has 0 radical (unpaired) electrons. The highest BCUT2D eigenvalue weighted by atomic mass is 16.5. The van der Waals surface area contributed by atoms with Crippen molar-refractivity contribution in [2.75, 3.05) is 18.5 Å². The summed E-state index contributed by atoms with van der Waals surface area (Å²) in [5, 5.41) is 14.1. The maximum atomic E-state index is 10.9. The molecule has 0 aliphatic rings. The number of nitrogens with zero attached hydrogens (tertiary/aromatic N) is 3. The molecular weight excluding hydrogens is 356 g/mol. The maximum Gasteiger partial charge on any atom is 0.324 e. The molecule has 2 N–H and O–H groups in total. The normalized spacial score (nSPS) is 12.0. The van der Waals surface area contributed by atoms with Crippen LogP contribution in [-0.2, 0) is 10.8 Å². The standard InChI is InChI=1S/C21H32N4O3/c1-9-27-18-23-17(24-19(25-18)28-10-2)22-13-11-14(20(3,4)5)16(26)15(12-13)21(6,7)8/h11-12,26H,9-10H2,1-8H3,(H,22,23,24,25). The Bertz CT molecular complexity index is 764. The molecule has 154 valence electrons. The van der Waals surface area contributed by atoms with E-state index in [1.165, 1.54) is 0 Å². The van der Waals surface area contributed by atoms with Gasteiger partial charge in [0.1, 0.15) is 5.75 Å². The Morgan fingerprint density at radius 2 is 1.25 bits per heavy atom. The van der Waals surface area contributed by atoms with Gasteiger partial charge in [-0.3, -0.25) is 0 Å². The third-order valence-corrected chi connectivity index (χ3v) is 4.12. The largest absolute Gasteiger partial charge is 0.507 e. The lowest BCUT2D eigenvalue weighted by atomic mass is 9.79. The molecule has 0 aliphatic carbocycles. The monoisotopic (exact) mass is 388 g/mol. The zero-order valence-corrected chi connectivity index (χ0v) is 18.2. The summed E-state index contributed by atoms with van der Waals surface area (Å²) in [5.41, 5.74) is 2.03. The summed E-state index contributed by atoms with van der Waals surface area (Å²) in [6, 6.07) is 4.26. The van der Waals surface area contributed by atoms with Gasteiger partial charge in [-0.2, -0.15) is 9.97 Å². The number of nitrogens with one attached hydrogen (secondary N) is 1. The molecule has 0 unspecified atom stereocenters. The number of phenols is 1. The Morgan fingerprint density at radius 1 is 0.821 bits per heavy atom. The van der Waals surface area contributed by atoms with Gasteiger partial charge in [-0.05, 0) is 36.8 Å². The Kier molecular flexibility index (Phi) is 6.37. The molecule has 7 nitrogen and oxygen atoms in total. The van der Waals surface area contributed by atoms with Gasteiger partial charge in [0.2, 0.25) is 5.95 Å². The molecule has 0 spiro atoms. The van der Waals surface area contributed by atoms with Crippen molar-refractivity contribution < 1.29 is 14.6 Å². The number of anilines is 2. The number of aromatic nitrogens is 3. The van der Waals surface area contributed by atoms with Crippen LogP contribution in [0, 0.1) is 0 Å². The van der Waals surface area contributed by atoms with Crippen LogP contribution < -0.4 is 14.8 Å². The summed E-state index contributed by atoms with van der Waals surface area (Å²) in [5.74, 6) is 0.651. The first-order valence-electron chi connectivity index (χ1n) is 9.62. The lowest BCUT2D eigenvalue weighted by Gasteiger charge is -2.28. The van der Waals surface area contributed by atoms with E-state index in [0.717, 1.165) is 16.8 Å². The SMILES string of the molecule is CCOc1nc(Nc2cc(C(C)(C)C)c(O)c(C(C)(C)C)c2)nc(OCC)n1. The number of aromatic hydroxyl groups is 1. The van der Waals surface area contributed by atoms with Crippen molar-refractivity contribution in [2.24, 2.45) is 0 Å². The van der Waals surface area contributed by atoms with Crippen LogP contribution in [0.4, 0.5) is 11.6 Å². The molecule has 0 aliphatic heterocycles. The van der Waals surface area contributed by atoms with Crippen molar-refractivity contribution in [2.45, 2.75) is 66.2 Å². The third-order valence-electron chi connectivity index (χ3n) is 4.12. The molecule has 7 heteroatoms. The zero-order chi connectivity index (χ0) is 21.1. The minimum absolute atomic E-state index is 0.203. The van der Waals surface area contributed by atoms with E-state index in [9.17, 15) is 5.11 Å². The van der Waals surface area contributed by atoms with Gasteiger partial charge in [-0.25, -0.2) is 0 Å². The molecule has 2 rings (SSSR count). The second-order valence-electron chi connectivity index (χ2n) is 8.64. The zero-order valence-electron chi connectivity index (χ0n) is 18.2. The first kappa shape index (κ1) is 21.7. The van der Waals surface area contributed by atoms with Crippen LogP contribution in [0.3, 0.4) is 0 Å². The van der Waals surface area contributed by atoms with E-state index < -0.39 is 0 Å². The van der Waals surface area contributed by atoms with Gasteiger partial charge < -0.3 is 19.9 Å². The first-order valence-corrected chi connectivity index (χ1v) is 9.62. The molecule has 2 aromatic rings. The summed E-state index contributed by atoms with van der Waals surface area (Å²) < 4.78 is 10.8. The fourth-order valence-electron chi connectivity index (χ4n) is 2.76. The number of hydrogen-bond acceptors (Lipinski definition) is 7. The number of benzene rings is 1. The van der Waals surface area contributed by atoms with Gasteiger partial charge in [-0.1, -0.05) is 41.5 Å². The van der Waals surface area contributed by atoms with Crippen LogP contribution in [0.1, 0.15) is 66.5 Å². The molecule has 0 atom stereocenters. The molecule has 28 heavy (non-hydrogen) atoms. The molecular formula is C21H32N4O3. The molecule has 1 aromatic heterocycles.